The van der Waals surface area contributed by atoms with Crippen LogP contribution in [-0.4, -0.2) is 10.2 Å². The minimum absolute atomic E-state index is 0.189. The lowest BCUT2D eigenvalue weighted by molar-refractivity contribution is 0.859. The van der Waals surface area contributed by atoms with E-state index >= 15 is 0 Å². The van der Waals surface area contributed by atoms with Crippen molar-refractivity contribution in [2.24, 2.45) is 0 Å². The van der Waals surface area contributed by atoms with Crippen LogP contribution in [0.3, 0.4) is 0 Å². The minimum Gasteiger partial charge on any atom is -0.372 e. The van der Waals surface area contributed by atoms with E-state index in [1.165, 1.54) is 22.3 Å². The van der Waals surface area contributed by atoms with Crippen molar-refractivity contribution in [1.29, 1.82) is 0 Å². The fourth-order valence-electron chi connectivity index (χ4n) is 2.98. The van der Waals surface area contributed by atoms with E-state index in [9.17, 15) is 0 Å². The number of nitrogens with zero attached hydrogens (tertiary/aromatic N) is 1. The highest BCUT2D eigenvalue weighted by atomic mass is 15.1. The molecule has 3 nitrogen and oxygen atoms in total. The lowest BCUT2D eigenvalue weighted by atomic mass is 9.82. The molecule has 4 rings (SSSR count). The van der Waals surface area contributed by atoms with Crippen LogP contribution in [0.2, 0.25) is 0 Å². The quantitative estimate of drug-likeness (QED) is 0.741. The summed E-state index contributed by atoms with van der Waals surface area (Å²) in [6, 6.07) is 17.5. The van der Waals surface area contributed by atoms with Crippen molar-refractivity contribution in [2.75, 3.05) is 5.32 Å². The van der Waals surface area contributed by atoms with Crippen LogP contribution < -0.4 is 5.32 Å². The second-order valence-electron chi connectivity index (χ2n) is 5.14. The molecule has 0 fully saturated rings. The second kappa shape index (κ2) is 4.53. The van der Waals surface area contributed by atoms with Gasteiger partial charge in [-0.2, -0.15) is 5.10 Å². The largest absolute Gasteiger partial charge is 0.372 e. The number of aromatic nitrogens is 2. The fraction of sp³-hybridized carbons (Fsp3) is 0.118. The van der Waals surface area contributed by atoms with Crippen LogP contribution in [0.15, 0.2) is 60.9 Å². The van der Waals surface area contributed by atoms with Gasteiger partial charge in [-0.05, 0) is 28.7 Å². The highest BCUT2D eigenvalue weighted by Gasteiger charge is 2.24. The molecule has 2 aromatic carbocycles. The predicted octanol–water partition coefficient (Wildman–Crippen LogP) is 3.52. The van der Waals surface area contributed by atoms with Crippen LogP contribution >= 0.6 is 0 Å². The standard InChI is InChI=1S/C17H15N3/c1-3-7-15-12(5-1)9-13-6-2-4-8-16(13)17(15)20-14-10-18-19-11-14/h1-8,10-11,17,20H,9H2,(H,18,19). The average molecular weight is 261 g/mol. The number of hydrogen-bond acceptors (Lipinski definition) is 2. The van der Waals surface area contributed by atoms with Crippen molar-refractivity contribution >= 4 is 5.69 Å². The Morgan fingerprint density at radius 1 is 0.950 bits per heavy atom. The monoisotopic (exact) mass is 261 g/mol. The molecule has 2 N–H and O–H groups in total. The van der Waals surface area contributed by atoms with Gasteiger partial charge in [-0.25, -0.2) is 0 Å². The van der Waals surface area contributed by atoms with E-state index in [0.717, 1.165) is 12.1 Å². The number of benzene rings is 2. The summed E-state index contributed by atoms with van der Waals surface area (Å²) >= 11 is 0. The summed E-state index contributed by atoms with van der Waals surface area (Å²) in [5, 5.41) is 10.4. The first-order valence-electron chi connectivity index (χ1n) is 6.83. The van der Waals surface area contributed by atoms with Gasteiger partial charge in [0.15, 0.2) is 0 Å². The Bertz CT molecular complexity index is 686. The molecule has 1 aliphatic carbocycles. The summed E-state index contributed by atoms with van der Waals surface area (Å²) in [5.74, 6) is 0. The van der Waals surface area contributed by atoms with E-state index in [2.05, 4.69) is 64.0 Å². The molecule has 0 atom stereocenters. The van der Waals surface area contributed by atoms with Crippen LogP contribution in [0.5, 0.6) is 0 Å². The second-order valence-corrected chi connectivity index (χ2v) is 5.14. The summed E-state index contributed by atoms with van der Waals surface area (Å²) < 4.78 is 0. The first-order chi connectivity index (χ1) is 9.92. The summed E-state index contributed by atoms with van der Waals surface area (Å²) in [6.45, 7) is 0. The molecule has 1 aliphatic rings. The van der Waals surface area contributed by atoms with Gasteiger partial charge in [0.2, 0.25) is 0 Å². The molecule has 20 heavy (non-hydrogen) atoms. The number of rotatable bonds is 2. The molecule has 98 valence electrons. The SMILES string of the molecule is c1ccc2c(c1)Cc1ccccc1C2Nc1cn[nH]c1. The Morgan fingerprint density at radius 3 is 2.20 bits per heavy atom. The third-order valence-electron chi connectivity index (χ3n) is 3.92. The highest BCUT2D eigenvalue weighted by molar-refractivity contribution is 5.54. The van der Waals surface area contributed by atoms with Gasteiger partial charge in [0.25, 0.3) is 0 Å². The van der Waals surface area contributed by atoms with Crippen LogP contribution in [0.4, 0.5) is 5.69 Å². The molecular formula is C17H15N3. The van der Waals surface area contributed by atoms with Crippen molar-refractivity contribution in [1.82, 2.24) is 10.2 Å². The summed E-state index contributed by atoms with van der Waals surface area (Å²) in [4.78, 5) is 0. The lowest BCUT2D eigenvalue weighted by Gasteiger charge is -2.29. The van der Waals surface area contributed by atoms with E-state index in [1.807, 2.05) is 12.4 Å². The number of fused-ring (bicyclic) bond motifs is 2. The van der Waals surface area contributed by atoms with Gasteiger partial charge in [0, 0.05) is 6.20 Å². The average Bonchev–Trinajstić information content (AvgIpc) is 3.00. The van der Waals surface area contributed by atoms with Gasteiger partial charge < -0.3 is 5.32 Å². The molecule has 0 spiro atoms. The molecule has 0 amide bonds. The zero-order valence-corrected chi connectivity index (χ0v) is 11.0. The van der Waals surface area contributed by atoms with Crippen LogP contribution in [0.25, 0.3) is 0 Å². The Labute approximate surface area is 117 Å². The topological polar surface area (TPSA) is 40.7 Å². The van der Waals surface area contributed by atoms with Crippen molar-refractivity contribution in [3.05, 3.63) is 83.2 Å². The molecule has 1 aromatic heterocycles. The third-order valence-corrected chi connectivity index (χ3v) is 3.92. The number of nitrogens with one attached hydrogen (secondary N) is 2. The predicted molar refractivity (Wildman–Crippen MR) is 79.7 cm³/mol. The zero-order chi connectivity index (χ0) is 13.4. The molecule has 3 aromatic rings. The maximum Gasteiger partial charge on any atom is 0.0774 e. The van der Waals surface area contributed by atoms with E-state index in [1.54, 1.807) is 0 Å². The van der Waals surface area contributed by atoms with E-state index in [4.69, 9.17) is 0 Å². The normalized spacial score (nSPS) is 13.6. The van der Waals surface area contributed by atoms with Crippen molar-refractivity contribution in [3.8, 4) is 0 Å². The van der Waals surface area contributed by atoms with Crippen LogP contribution in [-0.2, 0) is 6.42 Å². The molecule has 1 heterocycles. The highest BCUT2D eigenvalue weighted by Crippen LogP contribution is 2.36. The van der Waals surface area contributed by atoms with Gasteiger partial charge in [0.05, 0.1) is 17.9 Å². The van der Waals surface area contributed by atoms with Crippen LogP contribution in [0.1, 0.15) is 28.3 Å². The lowest BCUT2D eigenvalue weighted by Crippen LogP contribution is -2.20. The molecule has 0 unspecified atom stereocenters. The third kappa shape index (κ3) is 1.79. The van der Waals surface area contributed by atoms with Crippen molar-refractivity contribution < 1.29 is 0 Å². The first-order valence-corrected chi connectivity index (χ1v) is 6.83. The van der Waals surface area contributed by atoms with Crippen LogP contribution in [0, 0.1) is 0 Å². The zero-order valence-electron chi connectivity index (χ0n) is 11.0. The Balaban J connectivity index is 1.84. The van der Waals surface area contributed by atoms with Crippen molar-refractivity contribution in [2.45, 2.75) is 12.5 Å². The smallest absolute Gasteiger partial charge is 0.0774 e. The maximum absolute atomic E-state index is 4.01. The van der Waals surface area contributed by atoms with Gasteiger partial charge in [-0.3, -0.25) is 5.10 Å². The first kappa shape index (κ1) is 11.3. The molecule has 0 radical (unpaired) electrons. The van der Waals surface area contributed by atoms with Gasteiger partial charge >= 0.3 is 0 Å². The minimum atomic E-state index is 0.189. The Hall–Kier alpha value is -2.55. The summed E-state index contributed by atoms with van der Waals surface area (Å²) in [5.41, 5.74) is 6.51. The van der Waals surface area contributed by atoms with Crippen molar-refractivity contribution in [3.63, 3.8) is 0 Å². The molecule has 0 saturated carbocycles. The molecule has 3 heteroatoms. The summed E-state index contributed by atoms with van der Waals surface area (Å²) in [6.07, 6.45) is 4.72. The van der Waals surface area contributed by atoms with Gasteiger partial charge in [-0.1, -0.05) is 48.5 Å². The maximum atomic E-state index is 4.01. The van der Waals surface area contributed by atoms with Gasteiger partial charge in [-0.15, -0.1) is 0 Å². The Morgan fingerprint density at radius 2 is 1.60 bits per heavy atom. The fourth-order valence-corrected chi connectivity index (χ4v) is 2.98. The molecule has 0 saturated heterocycles. The van der Waals surface area contributed by atoms with Gasteiger partial charge in [0.1, 0.15) is 0 Å². The van der Waals surface area contributed by atoms with E-state index < -0.39 is 0 Å². The van der Waals surface area contributed by atoms with E-state index in [0.29, 0.717) is 0 Å². The number of hydrogen-bond donors (Lipinski definition) is 2. The Kier molecular flexibility index (Phi) is 2.56. The molecule has 0 aliphatic heterocycles. The number of aromatic amines is 1. The number of anilines is 1. The molecule has 0 bridgehead atoms. The number of H-pyrrole nitrogens is 1. The molecular weight excluding hydrogens is 246 g/mol. The summed E-state index contributed by atoms with van der Waals surface area (Å²) in [7, 11) is 0. The van der Waals surface area contributed by atoms with E-state index in [-0.39, 0.29) is 6.04 Å².